The van der Waals surface area contributed by atoms with Crippen LogP contribution in [-0.4, -0.2) is 37.2 Å². The van der Waals surface area contributed by atoms with E-state index in [0.29, 0.717) is 0 Å². The highest BCUT2D eigenvalue weighted by Gasteiger charge is 2.33. The molecule has 0 N–H and O–H groups in total. The van der Waals surface area contributed by atoms with E-state index in [1.165, 1.54) is 18.4 Å². The number of hydrogen-bond donors (Lipinski definition) is 0. The lowest BCUT2D eigenvalue weighted by atomic mass is 9.76. The summed E-state index contributed by atoms with van der Waals surface area (Å²) in [5, 5.41) is 0. The Labute approximate surface area is 144 Å². The molecule has 0 saturated carbocycles. The number of benzene rings is 1. The van der Waals surface area contributed by atoms with Crippen molar-refractivity contribution < 1.29 is 9.47 Å². The zero-order chi connectivity index (χ0) is 17.0. The van der Waals surface area contributed by atoms with Crippen molar-refractivity contribution >= 4 is 0 Å². The zero-order valence-electron chi connectivity index (χ0n) is 14.8. The minimum Gasteiger partial charge on any atom is -0.493 e. The second kappa shape index (κ2) is 7.22. The summed E-state index contributed by atoms with van der Waals surface area (Å²) in [7, 11) is 3.34. The van der Waals surface area contributed by atoms with E-state index >= 15 is 0 Å². The highest BCUT2D eigenvalue weighted by atomic mass is 16.5. The third-order valence-electron chi connectivity index (χ3n) is 4.99. The number of aromatic nitrogens is 1. The fourth-order valence-corrected chi connectivity index (χ4v) is 3.73. The number of rotatable bonds is 5. The smallest absolute Gasteiger partial charge is 0.183 e. The molecular weight excluding hydrogens is 300 g/mol. The van der Waals surface area contributed by atoms with Crippen LogP contribution in [0.4, 0.5) is 0 Å². The number of ether oxygens (including phenoxy) is 2. The maximum absolute atomic E-state index is 5.53. The summed E-state index contributed by atoms with van der Waals surface area (Å²) in [6.45, 7) is 5.26. The van der Waals surface area contributed by atoms with Crippen LogP contribution >= 0.6 is 0 Å². The van der Waals surface area contributed by atoms with E-state index in [2.05, 4.69) is 47.1 Å². The lowest BCUT2D eigenvalue weighted by Gasteiger charge is -2.41. The topological polar surface area (TPSA) is 34.6 Å². The van der Waals surface area contributed by atoms with Gasteiger partial charge in [0.05, 0.1) is 14.2 Å². The molecule has 1 atom stereocenters. The van der Waals surface area contributed by atoms with E-state index in [4.69, 9.17) is 9.47 Å². The van der Waals surface area contributed by atoms with Gasteiger partial charge in [0, 0.05) is 30.8 Å². The standard InChI is InChI=1S/C20H26N2O2/c1-20(16-8-5-4-6-9-16)11-7-13-22(15-20)14-17-19(24-3)18(23-2)10-12-21-17/h4-6,8-10,12H,7,11,13-15H2,1-3H3/t20-/m0/s1. The van der Waals surface area contributed by atoms with Gasteiger partial charge in [-0.3, -0.25) is 9.88 Å². The molecule has 1 aromatic heterocycles. The van der Waals surface area contributed by atoms with Crippen molar-refractivity contribution in [3.05, 3.63) is 53.9 Å². The predicted octanol–water partition coefficient (Wildman–Crippen LogP) is 3.65. The van der Waals surface area contributed by atoms with Gasteiger partial charge in [-0.1, -0.05) is 37.3 Å². The summed E-state index contributed by atoms with van der Waals surface area (Å²) >= 11 is 0. The largest absolute Gasteiger partial charge is 0.493 e. The second-order valence-electron chi connectivity index (χ2n) is 6.73. The Hall–Kier alpha value is -2.07. The molecule has 1 aliphatic rings. The fraction of sp³-hybridized carbons (Fsp3) is 0.450. The lowest BCUT2D eigenvalue weighted by Crippen LogP contribution is -2.44. The van der Waals surface area contributed by atoms with Crippen molar-refractivity contribution in [2.24, 2.45) is 0 Å². The number of nitrogens with zero attached hydrogens (tertiary/aromatic N) is 2. The molecule has 0 bridgehead atoms. The summed E-state index contributed by atoms with van der Waals surface area (Å²) < 4.78 is 10.9. The summed E-state index contributed by atoms with van der Waals surface area (Å²) in [4.78, 5) is 7.00. The number of pyridine rings is 1. The molecule has 2 heterocycles. The van der Waals surface area contributed by atoms with E-state index < -0.39 is 0 Å². The van der Waals surface area contributed by atoms with Crippen LogP contribution in [0.1, 0.15) is 31.0 Å². The van der Waals surface area contributed by atoms with Crippen molar-refractivity contribution in [2.45, 2.75) is 31.7 Å². The van der Waals surface area contributed by atoms with E-state index in [1.54, 1.807) is 20.4 Å². The van der Waals surface area contributed by atoms with Gasteiger partial charge in [-0.2, -0.15) is 0 Å². The molecule has 0 spiro atoms. The van der Waals surface area contributed by atoms with Crippen molar-refractivity contribution in [2.75, 3.05) is 27.3 Å². The number of hydrogen-bond acceptors (Lipinski definition) is 4. The van der Waals surface area contributed by atoms with E-state index in [1.807, 2.05) is 6.07 Å². The summed E-state index contributed by atoms with van der Waals surface area (Å²) in [5.41, 5.74) is 2.54. The predicted molar refractivity (Wildman–Crippen MR) is 95.6 cm³/mol. The maximum atomic E-state index is 5.53. The third-order valence-corrected chi connectivity index (χ3v) is 4.99. The molecular formula is C20H26N2O2. The van der Waals surface area contributed by atoms with Crippen LogP contribution in [0.5, 0.6) is 11.5 Å². The van der Waals surface area contributed by atoms with Crippen LogP contribution < -0.4 is 9.47 Å². The molecule has 0 amide bonds. The number of methoxy groups -OCH3 is 2. The molecule has 4 heteroatoms. The second-order valence-corrected chi connectivity index (χ2v) is 6.73. The minimum atomic E-state index is 0.186. The Bertz CT molecular complexity index is 675. The Morgan fingerprint density at radius 2 is 1.92 bits per heavy atom. The molecule has 0 unspecified atom stereocenters. The molecule has 24 heavy (non-hydrogen) atoms. The minimum absolute atomic E-state index is 0.186. The summed E-state index contributed by atoms with van der Waals surface area (Å²) in [6, 6.07) is 12.7. The molecule has 128 valence electrons. The van der Waals surface area contributed by atoms with Crippen molar-refractivity contribution in [3.8, 4) is 11.5 Å². The highest BCUT2D eigenvalue weighted by Crippen LogP contribution is 2.35. The van der Waals surface area contributed by atoms with Gasteiger partial charge in [0.25, 0.3) is 0 Å². The van der Waals surface area contributed by atoms with Crippen LogP contribution in [0.15, 0.2) is 42.6 Å². The molecule has 1 fully saturated rings. The first kappa shape index (κ1) is 16.8. The first-order valence-electron chi connectivity index (χ1n) is 8.50. The maximum Gasteiger partial charge on any atom is 0.183 e. The van der Waals surface area contributed by atoms with Gasteiger partial charge in [0.1, 0.15) is 5.69 Å². The molecule has 0 aliphatic carbocycles. The van der Waals surface area contributed by atoms with Gasteiger partial charge in [-0.05, 0) is 24.9 Å². The lowest BCUT2D eigenvalue weighted by molar-refractivity contribution is 0.146. The molecule has 4 nitrogen and oxygen atoms in total. The quantitative estimate of drug-likeness (QED) is 0.840. The van der Waals surface area contributed by atoms with Gasteiger partial charge in [-0.15, -0.1) is 0 Å². The normalized spacial score (nSPS) is 21.5. The van der Waals surface area contributed by atoms with Crippen LogP contribution in [0.25, 0.3) is 0 Å². The van der Waals surface area contributed by atoms with Gasteiger partial charge in [-0.25, -0.2) is 0 Å². The van der Waals surface area contributed by atoms with Crippen LogP contribution in [0, 0.1) is 0 Å². The first-order chi connectivity index (χ1) is 11.7. The molecule has 1 aliphatic heterocycles. The Morgan fingerprint density at radius 3 is 2.62 bits per heavy atom. The van der Waals surface area contributed by atoms with Gasteiger partial charge >= 0.3 is 0 Å². The average molecular weight is 326 g/mol. The van der Waals surface area contributed by atoms with Crippen molar-refractivity contribution in [1.82, 2.24) is 9.88 Å². The summed E-state index contributed by atoms with van der Waals surface area (Å²) in [5.74, 6) is 1.48. The van der Waals surface area contributed by atoms with Crippen LogP contribution in [0.3, 0.4) is 0 Å². The zero-order valence-corrected chi connectivity index (χ0v) is 14.8. The van der Waals surface area contributed by atoms with E-state index in [0.717, 1.165) is 36.8 Å². The van der Waals surface area contributed by atoms with E-state index in [9.17, 15) is 0 Å². The Balaban J connectivity index is 1.79. The van der Waals surface area contributed by atoms with Crippen LogP contribution in [0.2, 0.25) is 0 Å². The van der Waals surface area contributed by atoms with Crippen molar-refractivity contribution in [1.29, 1.82) is 0 Å². The van der Waals surface area contributed by atoms with Gasteiger partial charge in [0.15, 0.2) is 11.5 Å². The fourth-order valence-electron chi connectivity index (χ4n) is 3.73. The van der Waals surface area contributed by atoms with Crippen molar-refractivity contribution in [3.63, 3.8) is 0 Å². The SMILES string of the molecule is COc1ccnc(CN2CCC[C@](C)(c3ccccc3)C2)c1OC. The average Bonchev–Trinajstić information content (AvgIpc) is 2.62. The molecule has 1 aromatic carbocycles. The number of piperidine rings is 1. The monoisotopic (exact) mass is 326 g/mol. The highest BCUT2D eigenvalue weighted by molar-refractivity contribution is 5.42. The van der Waals surface area contributed by atoms with E-state index in [-0.39, 0.29) is 5.41 Å². The molecule has 1 saturated heterocycles. The molecule has 3 rings (SSSR count). The molecule has 0 radical (unpaired) electrons. The number of likely N-dealkylation sites (tertiary alicyclic amines) is 1. The Morgan fingerprint density at radius 1 is 1.12 bits per heavy atom. The van der Waals surface area contributed by atoms with Crippen LogP contribution in [-0.2, 0) is 12.0 Å². The Kier molecular flexibility index (Phi) is 5.05. The summed E-state index contributed by atoms with van der Waals surface area (Å²) in [6.07, 6.45) is 4.20. The van der Waals surface area contributed by atoms with Gasteiger partial charge < -0.3 is 9.47 Å². The molecule has 2 aromatic rings. The first-order valence-corrected chi connectivity index (χ1v) is 8.50. The third kappa shape index (κ3) is 3.39. The van der Waals surface area contributed by atoms with Gasteiger partial charge in [0.2, 0.25) is 0 Å².